The minimum Gasteiger partial charge on any atom is -0.406 e. The number of hydrogen-bond acceptors (Lipinski definition) is 8. The predicted octanol–water partition coefficient (Wildman–Crippen LogP) is 1.00. The molecule has 1 fully saturated rings. The number of halogens is 3. The van der Waals surface area contributed by atoms with Crippen molar-refractivity contribution in [2.45, 2.75) is 30.9 Å². The first-order chi connectivity index (χ1) is 13.8. The van der Waals surface area contributed by atoms with Gasteiger partial charge in [-0.2, -0.15) is 0 Å². The molecule has 29 heavy (non-hydrogen) atoms. The standard InChI is InChI=1S/C17H15F3N4O5/c18-17(19,20)29-9-3-1-8(2-4-9)11-12-15(22-6-21-11)24(7-23-12)16-14(27)13(26)10(5-25)28-16/h1-4,6-7,10,13-14,16,25-27H,5H2/t10-,13-,14-,16-/m1/s1. The van der Waals surface area contributed by atoms with Crippen LogP contribution < -0.4 is 4.74 Å². The van der Waals surface area contributed by atoms with Crippen LogP contribution in [0.2, 0.25) is 0 Å². The molecular formula is C17H15F3N4O5. The van der Waals surface area contributed by atoms with Crippen molar-refractivity contribution in [2.75, 3.05) is 6.61 Å². The second kappa shape index (κ2) is 7.22. The summed E-state index contributed by atoms with van der Waals surface area (Å²) in [5, 5.41) is 29.4. The number of imidazole rings is 1. The number of alkyl halides is 3. The summed E-state index contributed by atoms with van der Waals surface area (Å²) in [5.74, 6) is -0.372. The third-order valence-corrected chi connectivity index (χ3v) is 4.51. The van der Waals surface area contributed by atoms with E-state index in [2.05, 4.69) is 19.7 Å². The molecule has 154 valence electrons. The fraction of sp³-hybridized carbons (Fsp3) is 0.353. The van der Waals surface area contributed by atoms with Gasteiger partial charge in [-0.25, -0.2) is 15.0 Å². The molecular weight excluding hydrogens is 397 g/mol. The lowest BCUT2D eigenvalue weighted by atomic mass is 10.1. The molecule has 2 aromatic heterocycles. The Morgan fingerprint density at radius 1 is 1.07 bits per heavy atom. The first-order valence-corrected chi connectivity index (χ1v) is 8.44. The number of aliphatic hydroxyl groups is 3. The number of ether oxygens (including phenoxy) is 2. The van der Waals surface area contributed by atoms with Gasteiger partial charge >= 0.3 is 6.36 Å². The molecule has 1 aliphatic heterocycles. The normalized spacial score (nSPS) is 24.9. The van der Waals surface area contributed by atoms with E-state index in [1.807, 2.05) is 0 Å². The predicted molar refractivity (Wildman–Crippen MR) is 90.5 cm³/mol. The highest BCUT2D eigenvalue weighted by molar-refractivity contribution is 5.87. The Kier molecular flexibility index (Phi) is 4.86. The van der Waals surface area contributed by atoms with Gasteiger partial charge < -0.3 is 24.8 Å². The molecule has 0 spiro atoms. The lowest BCUT2D eigenvalue weighted by Gasteiger charge is -2.16. The van der Waals surface area contributed by atoms with E-state index >= 15 is 0 Å². The number of benzene rings is 1. The number of hydrogen-bond donors (Lipinski definition) is 3. The molecule has 0 aliphatic carbocycles. The summed E-state index contributed by atoms with van der Waals surface area (Å²) >= 11 is 0. The Balaban J connectivity index is 1.68. The van der Waals surface area contributed by atoms with Gasteiger partial charge in [0, 0.05) is 5.56 Å². The summed E-state index contributed by atoms with van der Waals surface area (Å²) < 4.78 is 47.7. The molecule has 3 N–H and O–H groups in total. The Bertz CT molecular complexity index is 1010. The van der Waals surface area contributed by atoms with E-state index in [1.165, 1.54) is 29.4 Å². The fourth-order valence-electron chi connectivity index (χ4n) is 3.17. The van der Waals surface area contributed by atoms with Gasteiger partial charge in [0.2, 0.25) is 0 Å². The van der Waals surface area contributed by atoms with Crippen LogP contribution in [0.25, 0.3) is 22.4 Å². The number of fused-ring (bicyclic) bond motifs is 1. The number of aliphatic hydroxyl groups excluding tert-OH is 3. The van der Waals surface area contributed by atoms with E-state index in [1.54, 1.807) is 0 Å². The maximum Gasteiger partial charge on any atom is 0.573 e. The van der Waals surface area contributed by atoms with E-state index in [0.29, 0.717) is 16.8 Å². The van der Waals surface area contributed by atoms with Gasteiger partial charge in [0.15, 0.2) is 11.9 Å². The molecule has 4 atom stereocenters. The van der Waals surface area contributed by atoms with Crippen molar-refractivity contribution in [2.24, 2.45) is 0 Å². The highest BCUT2D eigenvalue weighted by Crippen LogP contribution is 2.33. The third kappa shape index (κ3) is 3.62. The van der Waals surface area contributed by atoms with Crippen LogP contribution in [0.3, 0.4) is 0 Å². The van der Waals surface area contributed by atoms with Crippen LogP contribution in [-0.4, -0.2) is 66.1 Å². The molecule has 1 saturated heterocycles. The fourth-order valence-corrected chi connectivity index (χ4v) is 3.17. The highest BCUT2D eigenvalue weighted by atomic mass is 19.4. The molecule has 4 rings (SSSR count). The molecule has 0 bridgehead atoms. The van der Waals surface area contributed by atoms with Crippen LogP contribution in [0.1, 0.15) is 6.23 Å². The van der Waals surface area contributed by atoms with Crippen LogP contribution in [0.5, 0.6) is 5.75 Å². The van der Waals surface area contributed by atoms with Crippen LogP contribution in [-0.2, 0) is 4.74 Å². The second-order valence-corrected chi connectivity index (χ2v) is 6.35. The summed E-state index contributed by atoms with van der Waals surface area (Å²) in [6.45, 7) is -0.478. The molecule has 3 heterocycles. The SMILES string of the molecule is OC[C@H]1O[C@@H](n2cnc3c(-c4ccc(OC(F)(F)F)cc4)ncnc32)[C@H](O)[C@@H]1O. The Labute approximate surface area is 161 Å². The van der Waals surface area contributed by atoms with Crippen LogP contribution in [0, 0.1) is 0 Å². The average molecular weight is 412 g/mol. The summed E-state index contributed by atoms with van der Waals surface area (Å²) in [7, 11) is 0. The topological polar surface area (TPSA) is 123 Å². The monoisotopic (exact) mass is 412 g/mol. The zero-order chi connectivity index (χ0) is 20.8. The first-order valence-electron chi connectivity index (χ1n) is 8.44. The zero-order valence-electron chi connectivity index (χ0n) is 14.6. The summed E-state index contributed by atoms with van der Waals surface area (Å²) in [6.07, 6.45) is -6.82. The molecule has 0 radical (unpaired) electrons. The molecule has 1 aromatic carbocycles. The molecule has 0 saturated carbocycles. The van der Waals surface area contributed by atoms with E-state index < -0.39 is 37.5 Å². The van der Waals surface area contributed by atoms with Crippen LogP contribution in [0.4, 0.5) is 13.2 Å². The Morgan fingerprint density at radius 2 is 1.79 bits per heavy atom. The molecule has 0 amide bonds. The number of aromatic nitrogens is 4. The van der Waals surface area contributed by atoms with E-state index in [0.717, 1.165) is 12.1 Å². The summed E-state index contributed by atoms with van der Waals surface area (Å²) in [6, 6.07) is 5.10. The van der Waals surface area contributed by atoms with Crippen molar-refractivity contribution in [3.05, 3.63) is 36.9 Å². The van der Waals surface area contributed by atoms with Gasteiger partial charge in [-0.1, -0.05) is 0 Å². The minimum atomic E-state index is -4.79. The van der Waals surface area contributed by atoms with Gasteiger partial charge in [-0.05, 0) is 24.3 Å². The van der Waals surface area contributed by atoms with Gasteiger partial charge in [-0.3, -0.25) is 4.57 Å². The summed E-state index contributed by atoms with van der Waals surface area (Å²) in [5.41, 5.74) is 1.41. The van der Waals surface area contributed by atoms with Crippen LogP contribution >= 0.6 is 0 Å². The van der Waals surface area contributed by atoms with Crippen molar-refractivity contribution in [1.82, 2.24) is 19.5 Å². The Morgan fingerprint density at radius 3 is 2.41 bits per heavy atom. The lowest BCUT2D eigenvalue weighted by molar-refractivity contribution is -0.274. The average Bonchev–Trinajstić information content (AvgIpc) is 3.22. The first kappa shape index (κ1) is 19.5. The molecule has 3 aromatic rings. The highest BCUT2D eigenvalue weighted by Gasteiger charge is 2.44. The summed E-state index contributed by atoms with van der Waals surface area (Å²) in [4.78, 5) is 12.5. The van der Waals surface area contributed by atoms with Gasteiger partial charge in [0.25, 0.3) is 0 Å². The van der Waals surface area contributed by atoms with Gasteiger partial charge in [0.05, 0.1) is 12.9 Å². The Hall–Kier alpha value is -2.80. The van der Waals surface area contributed by atoms with Crippen molar-refractivity contribution < 1.29 is 38.0 Å². The molecule has 9 nitrogen and oxygen atoms in total. The largest absolute Gasteiger partial charge is 0.573 e. The van der Waals surface area contributed by atoms with Crippen molar-refractivity contribution in [1.29, 1.82) is 0 Å². The third-order valence-electron chi connectivity index (χ3n) is 4.51. The van der Waals surface area contributed by atoms with Gasteiger partial charge in [-0.15, -0.1) is 13.2 Å². The zero-order valence-corrected chi connectivity index (χ0v) is 14.6. The smallest absolute Gasteiger partial charge is 0.406 e. The minimum absolute atomic E-state index is 0.278. The van der Waals surface area contributed by atoms with E-state index in [4.69, 9.17) is 4.74 Å². The quantitative estimate of drug-likeness (QED) is 0.580. The molecule has 12 heteroatoms. The van der Waals surface area contributed by atoms with Crippen LogP contribution in [0.15, 0.2) is 36.9 Å². The van der Waals surface area contributed by atoms with Crippen molar-refractivity contribution in [3.63, 3.8) is 0 Å². The molecule has 1 aliphatic rings. The number of nitrogens with zero attached hydrogens (tertiary/aromatic N) is 4. The maximum absolute atomic E-state index is 12.3. The maximum atomic E-state index is 12.3. The van der Waals surface area contributed by atoms with E-state index in [9.17, 15) is 28.5 Å². The van der Waals surface area contributed by atoms with Gasteiger partial charge in [0.1, 0.15) is 41.6 Å². The van der Waals surface area contributed by atoms with Crippen molar-refractivity contribution in [3.8, 4) is 17.0 Å². The molecule has 0 unspecified atom stereocenters. The number of rotatable bonds is 4. The van der Waals surface area contributed by atoms with E-state index in [-0.39, 0.29) is 11.4 Å². The van der Waals surface area contributed by atoms with Crippen molar-refractivity contribution >= 4 is 11.2 Å². The second-order valence-electron chi connectivity index (χ2n) is 6.35. The lowest BCUT2D eigenvalue weighted by Crippen LogP contribution is -2.33.